The van der Waals surface area contributed by atoms with E-state index in [9.17, 15) is 9.18 Å². The highest BCUT2D eigenvalue weighted by Crippen LogP contribution is 2.41. The Morgan fingerprint density at radius 3 is 2.68 bits per heavy atom. The third-order valence-electron chi connectivity index (χ3n) is 3.91. The SMILES string of the molecule is NC1CCC(=O)N(C2CC2)C1c1ccc(F)cc1Cl. The minimum Gasteiger partial charge on any atom is -0.331 e. The van der Waals surface area contributed by atoms with Crippen LogP contribution in [-0.4, -0.2) is 22.9 Å². The number of benzene rings is 1. The van der Waals surface area contributed by atoms with Gasteiger partial charge >= 0.3 is 0 Å². The highest BCUT2D eigenvalue weighted by atomic mass is 35.5. The Morgan fingerprint density at radius 1 is 1.32 bits per heavy atom. The minimum atomic E-state index is -0.373. The van der Waals surface area contributed by atoms with Crippen LogP contribution in [0.2, 0.25) is 5.02 Å². The average molecular weight is 283 g/mol. The molecular weight excluding hydrogens is 267 g/mol. The van der Waals surface area contributed by atoms with Gasteiger partial charge in [0.05, 0.1) is 6.04 Å². The summed E-state index contributed by atoms with van der Waals surface area (Å²) in [4.78, 5) is 14.0. The summed E-state index contributed by atoms with van der Waals surface area (Å²) in [6.45, 7) is 0. The van der Waals surface area contributed by atoms with Gasteiger partial charge in [-0.15, -0.1) is 0 Å². The molecule has 1 aliphatic carbocycles. The van der Waals surface area contributed by atoms with Crippen LogP contribution in [0.25, 0.3) is 0 Å². The van der Waals surface area contributed by atoms with E-state index in [1.54, 1.807) is 6.07 Å². The van der Waals surface area contributed by atoms with Crippen molar-refractivity contribution in [1.82, 2.24) is 4.90 Å². The summed E-state index contributed by atoms with van der Waals surface area (Å²) in [5.41, 5.74) is 6.95. The molecule has 0 aromatic heterocycles. The van der Waals surface area contributed by atoms with E-state index in [0.717, 1.165) is 18.4 Å². The molecule has 1 amide bonds. The van der Waals surface area contributed by atoms with Gasteiger partial charge in [0.15, 0.2) is 0 Å². The fraction of sp³-hybridized carbons (Fsp3) is 0.500. The molecule has 0 spiro atoms. The molecule has 3 rings (SSSR count). The molecule has 2 unspecified atom stereocenters. The molecule has 3 nitrogen and oxygen atoms in total. The number of hydrogen-bond acceptors (Lipinski definition) is 2. The number of amides is 1. The molecule has 1 saturated heterocycles. The van der Waals surface area contributed by atoms with Crippen LogP contribution in [0.4, 0.5) is 4.39 Å². The molecule has 1 saturated carbocycles. The smallest absolute Gasteiger partial charge is 0.223 e. The zero-order valence-electron chi connectivity index (χ0n) is 10.5. The lowest BCUT2D eigenvalue weighted by Gasteiger charge is -2.40. The third kappa shape index (κ3) is 2.35. The number of nitrogens with zero attached hydrogens (tertiary/aromatic N) is 1. The highest BCUT2D eigenvalue weighted by Gasteiger charge is 2.43. The van der Waals surface area contributed by atoms with Crippen molar-refractivity contribution in [3.63, 3.8) is 0 Å². The molecule has 2 fully saturated rings. The Bertz CT molecular complexity index is 518. The number of piperidine rings is 1. The Kier molecular flexibility index (Phi) is 3.23. The molecule has 19 heavy (non-hydrogen) atoms. The maximum absolute atomic E-state index is 13.2. The molecule has 1 aliphatic heterocycles. The normalized spacial score (nSPS) is 27.7. The molecule has 5 heteroatoms. The van der Waals surface area contributed by atoms with E-state index in [0.29, 0.717) is 17.9 Å². The monoisotopic (exact) mass is 282 g/mol. The van der Waals surface area contributed by atoms with Crippen molar-refractivity contribution in [2.45, 2.75) is 43.8 Å². The van der Waals surface area contributed by atoms with Crippen molar-refractivity contribution in [3.05, 3.63) is 34.6 Å². The number of likely N-dealkylation sites (tertiary alicyclic amines) is 1. The minimum absolute atomic E-state index is 0.134. The second-order valence-corrected chi connectivity index (χ2v) is 5.75. The van der Waals surface area contributed by atoms with Crippen LogP contribution >= 0.6 is 11.6 Å². The van der Waals surface area contributed by atoms with E-state index in [4.69, 9.17) is 17.3 Å². The van der Waals surface area contributed by atoms with Gasteiger partial charge in [-0.3, -0.25) is 4.79 Å². The lowest BCUT2D eigenvalue weighted by Crippen LogP contribution is -2.49. The molecule has 0 bridgehead atoms. The van der Waals surface area contributed by atoms with Gasteiger partial charge in [0.25, 0.3) is 0 Å². The van der Waals surface area contributed by atoms with Crippen LogP contribution in [0.15, 0.2) is 18.2 Å². The van der Waals surface area contributed by atoms with Crippen LogP contribution in [0, 0.1) is 5.82 Å². The first-order valence-corrected chi connectivity index (χ1v) is 6.97. The Morgan fingerprint density at radius 2 is 2.05 bits per heavy atom. The second-order valence-electron chi connectivity index (χ2n) is 5.35. The zero-order valence-corrected chi connectivity index (χ0v) is 11.2. The molecule has 1 aromatic carbocycles. The number of nitrogens with two attached hydrogens (primary N) is 1. The zero-order chi connectivity index (χ0) is 13.6. The molecule has 2 atom stereocenters. The molecular formula is C14H16ClFN2O. The second kappa shape index (κ2) is 4.76. The van der Waals surface area contributed by atoms with Gasteiger partial charge < -0.3 is 10.6 Å². The van der Waals surface area contributed by atoms with Gasteiger partial charge in [-0.25, -0.2) is 4.39 Å². The first-order chi connectivity index (χ1) is 9.08. The van der Waals surface area contributed by atoms with Crippen LogP contribution < -0.4 is 5.73 Å². The summed E-state index contributed by atoms with van der Waals surface area (Å²) in [5, 5.41) is 0.348. The van der Waals surface area contributed by atoms with Crippen molar-refractivity contribution in [2.75, 3.05) is 0 Å². The topological polar surface area (TPSA) is 46.3 Å². The lowest BCUT2D eigenvalue weighted by atomic mass is 9.90. The van der Waals surface area contributed by atoms with Crippen molar-refractivity contribution in [2.24, 2.45) is 5.73 Å². The first-order valence-electron chi connectivity index (χ1n) is 6.59. The van der Waals surface area contributed by atoms with Crippen LogP contribution in [-0.2, 0) is 4.79 Å². The average Bonchev–Trinajstić information content (AvgIpc) is 3.17. The first kappa shape index (κ1) is 12.9. The summed E-state index contributed by atoms with van der Waals surface area (Å²) in [7, 11) is 0. The van der Waals surface area contributed by atoms with Crippen LogP contribution in [0.1, 0.15) is 37.3 Å². The molecule has 2 N–H and O–H groups in total. The van der Waals surface area contributed by atoms with Gasteiger partial charge in [0.1, 0.15) is 5.82 Å². The van der Waals surface area contributed by atoms with E-state index >= 15 is 0 Å². The fourth-order valence-electron chi connectivity index (χ4n) is 2.84. The molecule has 2 aliphatic rings. The number of carbonyl (C=O) groups excluding carboxylic acids is 1. The third-order valence-corrected chi connectivity index (χ3v) is 4.23. The Hall–Kier alpha value is -1.13. The molecule has 102 valence electrons. The number of carbonyl (C=O) groups is 1. The predicted octanol–water partition coefficient (Wildman–Crippen LogP) is 2.63. The summed E-state index contributed by atoms with van der Waals surface area (Å²) in [6, 6.07) is 4.23. The predicted molar refractivity (Wildman–Crippen MR) is 71.2 cm³/mol. The Labute approximate surface area is 116 Å². The number of halogens is 2. The maximum atomic E-state index is 13.2. The van der Waals surface area contributed by atoms with Crippen molar-refractivity contribution < 1.29 is 9.18 Å². The molecule has 1 aromatic rings. The van der Waals surface area contributed by atoms with Crippen LogP contribution in [0.3, 0.4) is 0 Å². The summed E-state index contributed by atoms with van der Waals surface area (Å²) >= 11 is 6.13. The largest absolute Gasteiger partial charge is 0.331 e. The van der Waals surface area contributed by atoms with E-state index in [1.165, 1.54) is 12.1 Å². The number of hydrogen-bond donors (Lipinski definition) is 1. The van der Waals surface area contributed by atoms with Gasteiger partial charge in [-0.05, 0) is 37.0 Å². The van der Waals surface area contributed by atoms with E-state index < -0.39 is 0 Å². The quantitative estimate of drug-likeness (QED) is 0.906. The number of rotatable bonds is 2. The summed E-state index contributed by atoms with van der Waals surface area (Å²) in [6.07, 6.45) is 3.19. The van der Waals surface area contributed by atoms with Crippen LogP contribution in [0.5, 0.6) is 0 Å². The van der Waals surface area contributed by atoms with Gasteiger partial charge in [0, 0.05) is 23.5 Å². The van der Waals surface area contributed by atoms with Gasteiger partial charge in [-0.1, -0.05) is 17.7 Å². The van der Waals surface area contributed by atoms with E-state index in [-0.39, 0.29) is 29.8 Å². The summed E-state index contributed by atoms with van der Waals surface area (Å²) < 4.78 is 13.2. The molecule has 1 heterocycles. The maximum Gasteiger partial charge on any atom is 0.223 e. The van der Waals surface area contributed by atoms with Crippen molar-refractivity contribution in [1.29, 1.82) is 0 Å². The van der Waals surface area contributed by atoms with Gasteiger partial charge in [-0.2, -0.15) is 0 Å². The van der Waals surface area contributed by atoms with Gasteiger partial charge in [0.2, 0.25) is 5.91 Å². The van der Waals surface area contributed by atoms with Crippen molar-refractivity contribution in [3.8, 4) is 0 Å². The Balaban J connectivity index is 2.00. The van der Waals surface area contributed by atoms with E-state index in [2.05, 4.69) is 0 Å². The lowest BCUT2D eigenvalue weighted by molar-refractivity contribution is -0.138. The van der Waals surface area contributed by atoms with E-state index in [1.807, 2.05) is 4.90 Å². The summed E-state index contributed by atoms with van der Waals surface area (Å²) in [5.74, 6) is -0.239. The fourth-order valence-corrected chi connectivity index (χ4v) is 3.12. The van der Waals surface area contributed by atoms with Crippen molar-refractivity contribution >= 4 is 17.5 Å². The molecule has 0 radical (unpaired) electrons. The standard InChI is InChI=1S/C14H16ClFN2O/c15-11-7-8(16)1-4-10(11)14-12(17)5-6-13(19)18(14)9-2-3-9/h1,4,7,9,12,14H,2-3,5-6,17H2. The highest BCUT2D eigenvalue weighted by molar-refractivity contribution is 6.31.